The molecule has 0 saturated carbocycles. The van der Waals surface area contributed by atoms with Gasteiger partial charge in [-0.15, -0.1) is 0 Å². The number of nitrogens with one attached hydrogen (secondary N) is 1. The van der Waals surface area contributed by atoms with E-state index in [-0.39, 0.29) is 16.4 Å². The maximum absolute atomic E-state index is 12.5. The van der Waals surface area contributed by atoms with Gasteiger partial charge in [0.15, 0.2) is 0 Å². The Balaban J connectivity index is 1.99. The molecule has 0 aliphatic heterocycles. The predicted molar refractivity (Wildman–Crippen MR) is 85.6 cm³/mol. The summed E-state index contributed by atoms with van der Waals surface area (Å²) in [6.45, 7) is 0. The molecule has 0 spiro atoms. The number of nitro groups is 1. The van der Waals surface area contributed by atoms with E-state index in [2.05, 4.69) is 9.71 Å². The maximum Gasteiger partial charge on any atom is 0.287 e. The van der Waals surface area contributed by atoms with Crippen LogP contribution in [0.2, 0.25) is 0 Å². The molecule has 0 amide bonds. The summed E-state index contributed by atoms with van der Waals surface area (Å²) in [7, 11) is -3.86. The summed E-state index contributed by atoms with van der Waals surface area (Å²) in [4.78, 5) is 13.9. The number of pyridine rings is 1. The fourth-order valence-corrected chi connectivity index (χ4v) is 3.42. The Morgan fingerprint density at radius 2 is 1.74 bits per heavy atom. The number of sulfonamides is 1. The van der Waals surface area contributed by atoms with Gasteiger partial charge in [0, 0.05) is 11.5 Å². The number of hydrogen-bond donors (Lipinski definition) is 1. The zero-order chi connectivity index (χ0) is 16.4. The van der Waals surface area contributed by atoms with E-state index in [4.69, 9.17) is 0 Å². The van der Waals surface area contributed by atoms with Crippen LogP contribution in [0.15, 0.2) is 65.7 Å². The monoisotopic (exact) mass is 329 g/mol. The van der Waals surface area contributed by atoms with Gasteiger partial charge in [-0.05, 0) is 17.5 Å². The van der Waals surface area contributed by atoms with Crippen molar-refractivity contribution in [3.8, 4) is 0 Å². The lowest BCUT2D eigenvalue weighted by Gasteiger charge is -2.09. The Labute approximate surface area is 131 Å². The van der Waals surface area contributed by atoms with Crippen LogP contribution in [0.3, 0.4) is 0 Å². The molecule has 0 saturated heterocycles. The van der Waals surface area contributed by atoms with Gasteiger partial charge in [-0.1, -0.05) is 36.4 Å². The second-order valence-corrected chi connectivity index (χ2v) is 6.39. The van der Waals surface area contributed by atoms with Crippen molar-refractivity contribution in [2.75, 3.05) is 4.72 Å². The highest BCUT2D eigenvalue weighted by atomic mass is 32.2. The van der Waals surface area contributed by atoms with E-state index >= 15 is 0 Å². The Bertz CT molecular complexity index is 980. The lowest BCUT2D eigenvalue weighted by atomic mass is 10.1. The molecule has 0 radical (unpaired) electrons. The van der Waals surface area contributed by atoms with Gasteiger partial charge in [0.25, 0.3) is 15.7 Å². The summed E-state index contributed by atoms with van der Waals surface area (Å²) in [5.41, 5.74) is -0.210. The van der Waals surface area contributed by atoms with E-state index in [0.29, 0.717) is 5.39 Å². The largest absolute Gasteiger partial charge is 0.287 e. The summed E-state index contributed by atoms with van der Waals surface area (Å²) in [5.74, 6) is 0.0172. The molecule has 0 bridgehead atoms. The first kappa shape index (κ1) is 14.9. The molecule has 0 fully saturated rings. The molecule has 3 rings (SSSR count). The van der Waals surface area contributed by atoms with Crippen LogP contribution in [-0.4, -0.2) is 18.3 Å². The molecule has 0 aliphatic rings. The van der Waals surface area contributed by atoms with Crippen LogP contribution < -0.4 is 4.72 Å². The third kappa shape index (κ3) is 2.97. The predicted octanol–water partition coefficient (Wildman–Crippen LogP) is 2.94. The van der Waals surface area contributed by atoms with Crippen molar-refractivity contribution in [1.82, 2.24) is 4.98 Å². The van der Waals surface area contributed by atoms with Crippen LogP contribution in [-0.2, 0) is 10.0 Å². The maximum atomic E-state index is 12.5. The molecule has 3 aromatic rings. The van der Waals surface area contributed by atoms with Gasteiger partial charge in [-0.2, -0.15) is 0 Å². The van der Waals surface area contributed by atoms with Crippen molar-refractivity contribution in [2.45, 2.75) is 4.90 Å². The minimum Gasteiger partial charge on any atom is -0.263 e. The van der Waals surface area contributed by atoms with E-state index in [1.54, 1.807) is 18.2 Å². The van der Waals surface area contributed by atoms with Gasteiger partial charge in [0.1, 0.15) is 12.0 Å². The summed E-state index contributed by atoms with van der Waals surface area (Å²) in [6, 6.07) is 14.5. The summed E-state index contributed by atoms with van der Waals surface area (Å²) < 4.78 is 27.4. The van der Waals surface area contributed by atoms with Gasteiger partial charge < -0.3 is 0 Å². The minimum atomic E-state index is -3.86. The molecule has 1 aromatic heterocycles. The number of nitrogens with zero attached hydrogens (tertiary/aromatic N) is 2. The van der Waals surface area contributed by atoms with E-state index in [0.717, 1.165) is 11.6 Å². The Morgan fingerprint density at radius 1 is 1.00 bits per heavy atom. The van der Waals surface area contributed by atoms with Crippen LogP contribution in [0.25, 0.3) is 10.8 Å². The quantitative estimate of drug-likeness (QED) is 0.585. The van der Waals surface area contributed by atoms with E-state index in [1.807, 2.05) is 18.2 Å². The van der Waals surface area contributed by atoms with Gasteiger partial charge in [0.2, 0.25) is 0 Å². The zero-order valence-corrected chi connectivity index (χ0v) is 12.5. The standard InChI is InChI=1S/C15H11N3O4S/c19-18(20)12-8-9-15(16-10-12)17-23(21,22)14-7-3-5-11-4-1-2-6-13(11)14/h1-10H,(H,16,17). The topological polar surface area (TPSA) is 102 Å². The Hall–Kier alpha value is -3.00. The fraction of sp³-hybridized carbons (Fsp3) is 0. The first-order valence-corrected chi connectivity index (χ1v) is 8.07. The fourth-order valence-electron chi connectivity index (χ4n) is 2.18. The molecule has 8 heteroatoms. The Morgan fingerprint density at radius 3 is 2.43 bits per heavy atom. The highest BCUT2D eigenvalue weighted by Crippen LogP contribution is 2.24. The summed E-state index contributed by atoms with van der Waals surface area (Å²) in [6.07, 6.45) is 1.00. The first-order chi connectivity index (χ1) is 11.0. The lowest BCUT2D eigenvalue weighted by molar-refractivity contribution is -0.385. The van der Waals surface area contributed by atoms with Crippen molar-refractivity contribution >= 4 is 32.3 Å². The van der Waals surface area contributed by atoms with Gasteiger partial charge in [-0.3, -0.25) is 14.8 Å². The van der Waals surface area contributed by atoms with Crippen LogP contribution in [0, 0.1) is 10.1 Å². The minimum absolute atomic E-state index is 0.0172. The Kier molecular flexibility index (Phi) is 3.67. The average molecular weight is 329 g/mol. The second-order valence-electron chi connectivity index (χ2n) is 4.74. The van der Waals surface area contributed by atoms with E-state index in [1.165, 1.54) is 18.2 Å². The molecule has 0 atom stereocenters. The van der Waals surface area contributed by atoms with Crippen LogP contribution in [0.1, 0.15) is 0 Å². The number of benzene rings is 2. The normalized spacial score (nSPS) is 11.3. The summed E-state index contributed by atoms with van der Waals surface area (Å²) in [5, 5.41) is 12.0. The van der Waals surface area contributed by atoms with E-state index in [9.17, 15) is 18.5 Å². The third-order valence-electron chi connectivity index (χ3n) is 3.24. The lowest BCUT2D eigenvalue weighted by Crippen LogP contribution is -2.14. The molecule has 23 heavy (non-hydrogen) atoms. The molecule has 1 heterocycles. The summed E-state index contributed by atoms with van der Waals surface area (Å²) >= 11 is 0. The van der Waals surface area contributed by atoms with E-state index < -0.39 is 14.9 Å². The van der Waals surface area contributed by atoms with Crippen molar-refractivity contribution in [1.29, 1.82) is 0 Å². The molecule has 1 N–H and O–H groups in total. The van der Waals surface area contributed by atoms with Crippen molar-refractivity contribution in [3.05, 3.63) is 70.9 Å². The molecule has 7 nitrogen and oxygen atoms in total. The SMILES string of the molecule is O=[N+]([O-])c1ccc(NS(=O)(=O)c2cccc3ccccc23)nc1. The number of aromatic nitrogens is 1. The molecule has 116 valence electrons. The smallest absolute Gasteiger partial charge is 0.263 e. The van der Waals surface area contributed by atoms with Gasteiger partial charge >= 0.3 is 0 Å². The third-order valence-corrected chi connectivity index (χ3v) is 4.65. The van der Waals surface area contributed by atoms with Gasteiger partial charge in [0.05, 0.1) is 9.82 Å². The van der Waals surface area contributed by atoms with Crippen molar-refractivity contribution in [2.24, 2.45) is 0 Å². The van der Waals surface area contributed by atoms with Crippen LogP contribution in [0.5, 0.6) is 0 Å². The number of hydrogen-bond acceptors (Lipinski definition) is 5. The van der Waals surface area contributed by atoms with Crippen molar-refractivity contribution < 1.29 is 13.3 Å². The molecular formula is C15H11N3O4S. The number of anilines is 1. The highest BCUT2D eigenvalue weighted by Gasteiger charge is 2.18. The number of rotatable bonds is 4. The van der Waals surface area contributed by atoms with Gasteiger partial charge in [-0.25, -0.2) is 13.4 Å². The molecule has 0 aliphatic carbocycles. The number of fused-ring (bicyclic) bond motifs is 1. The second kappa shape index (κ2) is 5.65. The molecular weight excluding hydrogens is 318 g/mol. The van der Waals surface area contributed by atoms with Crippen molar-refractivity contribution in [3.63, 3.8) is 0 Å². The average Bonchev–Trinajstić information content (AvgIpc) is 2.54. The van der Waals surface area contributed by atoms with Crippen LogP contribution >= 0.6 is 0 Å². The zero-order valence-electron chi connectivity index (χ0n) is 11.7. The molecule has 0 unspecified atom stereocenters. The first-order valence-electron chi connectivity index (χ1n) is 6.58. The highest BCUT2D eigenvalue weighted by molar-refractivity contribution is 7.93. The molecule has 2 aromatic carbocycles. The van der Waals surface area contributed by atoms with Crippen LogP contribution in [0.4, 0.5) is 11.5 Å².